The predicted octanol–water partition coefficient (Wildman–Crippen LogP) is 3.68. The van der Waals surface area contributed by atoms with Gasteiger partial charge < -0.3 is 0 Å². The van der Waals surface area contributed by atoms with Crippen molar-refractivity contribution >= 4 is 11.6 Å². The van der Waals surface area contributed by atoms with Gasteiger partial charge in [-0.05, 0) is 23.8 Å². The fourth-order valence-corrected chi connectivity index (χ4v) is 1.47. The van der Waals surface area contributed by atoms with Crippen molar-refractivity contribution in [3.8, 4) is 11.1 Å². The number of hydrogen-bond acceptors (Lipinski definition) is 1. The maximum atomic E-state index is 13.3. The molecule has 0 spiro atoms. The molecule has 0 amide bonds. The van der Waals surface area contributed by atoms with Crippen molar-refractivity contribution in [3.63, 3.8) is 0 Å². The zero-order valence-electron chi connectivity index (χ0n) is 7.55. The summed E-state index contributed by atoms with van der Waals surface area (Å²) in [7, 11) is 0. The number of pyridine rings is 1. The highest BCUT2D eigenvalue weighted by atomic mass is 35.5. The summed E-state index contributed by atoms with van der Waals surface area (Å²) in [6.07, 6.45) is 0.837. The smallest absolute Gasteiger partial charge is 0.220 e. The van der Waals surface area contributed by atoms with E-state index in [0.717, 1.165) is 12.3 Å². The molecule has 1 aromatic carbocycles. The number of rotatable bonds is 1. The summed E-state index contributed by atoms with van der Waals surface area (Å²) in [6.45, 7) is 0. The Balaban J connectivity index is 2.58. The Hall–Kier alpha value is -1.48. The molecule has 0 fully saturated rings. The van der Waals surface area contributed by atoms with Crippen molar-refractivity contribution in [2.45, 2.75) is 0 Å². The van der Waals surface area contributed by atoms with Gasteiger partial charge in [0.15, 0.2) is 0 Å². The lowest BCUT2D eigenvalue weighted by atomic mass is 10.1. The molecule has 1 heterocycles. The third-order valence-electron chi connectivity index (χ3n) is 1.94. The monoisotopic (exact) mass is 225 g/mol. The van der Waals surface area contributed by atoms with E-state index in [4.69, 9.17) is 11.6 Å². The Bertz CT molecular complexity index is 500. The van der Waals surface area contributed by atoms with Crippen LogP contribution in [-0.4, -0.2) is 4.98 Å². The van der Waals surface area contributed by atoms with Crippen LogP contribution in [0.2, 0.25) is 5.02 Å². The molecule has 0 unspecified atom stereocenters. The average Bonchev–Trinajstić information content (AvgIpc) is 2.22. The first-order valence-corrected chi connectivity index (χ1v) is 4.61. The van der Waals surface area contributed by atoms with E-state index in [1.165, 1.54) is 0 Å². The minimum atomic E-state index is -0.710. The zero-order valence-corrected chi connectivity index (χ0v) is 8.30. The number of aromatic nitrogens is 1. The van der Waals surface area contributed by atoms with Gasteiger partial charge in [-0.3, -0.25) is 0 Å². The highest BCUT2D eigenvalue weighted by molar-refractivity contribution is 6.30. The molecule has 1 aromatic heterocycles. The summed E-state index contributed by atoms with van der Waals surface area (Å²) in [5, 5.41) is 0.469. The van der Waals surface area contributed by atoms with Gasteiger partial charge in [0.2, 0.25) is 5.95 Å². The van der Waals surface area contributed by atoms with Gasteiger partial charge >= 0.3 is 0 Å². The van der Waals surface area contributed by atoms with Crippen LogP contribution in [0, 0.1) is 11.8 Å². The van der Waals surface area contributed by atoms with Crippen LogP contribution in [0.4, 0.5) is 8.78 Å². The maximum absolute atomic E-state index is 13.3. The van der Waals surface area contributed by atoms with Gasteiger partial charge in [-0.15, -0.1) is 0 Å². The van der Waals surface area contributed by atoms with Gasteiger partial charge in [0.25, 0.3) is 0 Å². The quantitative estimate of drug-likeness (QED) is 0.675. The van der Waals surface area contributed by atoms with E-state index in [9.17, 15) is 8.78 Å². The first-order chi connectivity index (χ1) is 7.16. The summed E-state index contributed by atoms with van der Waals surface area (Å²) < 4.78 is 26.1. The van der Waals surface area contributed by atoms with Crippen LogP contribution in [0.25, 0.3) is 11.1 Å². The second kappa shape index (κ2) is 3.95. The Kier molecular flexibility index (Phi) is 2.64. The van der Waals surface area contributed by atoms with Crippen molar-refractivity contribution in [2.75, 3.05) is 0 Å². The molecule has 4 heteroatoms. The molecule has 0 aliphatic carbocycles. The van der Waals surface area contributed by atoms with Gasteiger partial charge in [-0.1, -0.05) is 23.7 Å². The van der Waals surface area contributed by atoms with E-state index in [0.29, 0.717) is 10.6 Å². The maximum Gasteiger partial charge on any atom is 0.220 e. The van der Waals surface area contributed by atoms with Crippen LogP contribution in [0.15, 0.2) is 36.5 Å². The molecule has 15 heavy (non-hydrogen) atoms. The standard InChI is InChI=1S/C11H6ClF2N/c12-8-3-1-2-7(4-8)10-5-9(13)6-15-11(10)14/h1-6H. The van der Waals surface area contributed by atoms with Gasteiger partial charge in [-0.2, -0.15) is 4.39 Å². The van der Waals surface area contributed by atoms with E-state index in [1.54, 1.807) is 24.3 Å². The Morgan fingerprint density at radius 2 is 1.93 bits per heavy atom. The molecule has 0 radical (unpaired) electrons. The van der Waals surface area contributed by atoms with Crippen molar-refractivity contribution in [1.82, 2.24) is 4.98 Å². The molecule has 0 saturated carbocycles. The predicted molar refractivity (Wildman–Crippen MR) is 54.6 cm³/mol. The van der Waals surface area contributed by atoms with Gasteiger partial charge in [0, 0.05) is 10.6 Å². The molecule has 1 nitrogen and oxygen atoms in total. The van der Waals surface area contributed by atoms with E-state index < -0.39 is 11.8 Å². The topological polar surface area (TPSA) is 12.9 Å². The highest BCUT2D eigenvalue weighted by Gasteiger charge is 2.07. The third kappa shape index (κ3) is 2.13. The van der Waals surface area contributed by atoms with Crippen LogP contribution >= 0.6 is 11.6 Å². The summed E-state index contributed by atoms with van der Waals surface area (Å²) in [6, 6.07) is 7.62. The van der Waals surface area contributed by atoms with Crippen LogP contribution in [-0.2, 0) is 0 Å². The minimum absolute atomic E-state index is 0.109. The molecule has 0 N–H and O–H groups in total. The van der Waals surface area contributed by atoms with Crippen molar-refractivity contribution in [1.29, 1.82) is 0 Å². The summed E-state index contributed by atoms with van der Waals surface area (Å²) >= 11 is 5.75. The zero-order chi connectivity index (χ0) is 10.8. The van der Waals surface area contributed by atoms with Gasteiger partial charge in [0.1, 0.15) is 5.82 Å². The molecule has 76 valence electrons. The fraction of sp³-hybridized carbons (Fsp3) is 0. The number of nitrogens with zero attached hydrogens (tertiary/aromatic N) is 1. The van der Waals surface area contributed by atoms with E-state index in [2.05, 4.69) is 4.98 Å². The van der Waals surface area contributed by atoms with Crippen molar-refractivity contribution in [2.24, 2.45) is 0 Å². The number of benzene rings is 1. The second-order valence-corrected chi connectivity index (χ2v) is 3.44. The molecule has 0 aliphatic heterocycles. The van der Waals surface area contributed by atoms with Crippen LogP contribution < -0.4 is 0 Å². The Labute approximate surface area is 90.3 Å². The number of halogens is 3. The molecule has 0 atom stereocenters. The molecular weight excluding hydrogens is 220 g/mol. The van der Waals surface area contributed by atoms with E-state index >= 15 is 0 Å². The van der Waals surface area contributed by atoms with Crippen LogP contribution in [0.1, 0.15) is 0 Å². The summed E-state index contributed by atoms with van der Waals surface area (Å²) in [5.41, 5.74) is 0.615. The molecule has 0 bridgehead atoms. The average molecular weight is 226 g/mol. The van der Waals surface area contributed by atoms with Crippen molar-refractivity contribution in [3.05, 3.63) is 53.3 Å². The summed E-state index contributed by atoms with van der Waals surface area (Å²) in [5.74, 6) is -1.29. The van der Waals surface area contributed by atoms with Gasteiger partial charge in [0.05, 0.1) is 6.20 Å². The third-order valence-corrected chi connectivity index (χ3v) is 2.18. The lowest BCUT2D eigenvalue weighted by Crippen LogP contribution is -1.90. The Morgan fingerprint density at radius 1 is 1.13 bits per heavy atom. The molecule has 0 aliphatic rings. The second-order valence-electron chi connectivity index (χ2n) is 3.00. The molecular formula is C11H6ClF2N. The largest absolute Gasteiger partial charge is 0.225 e. The lowest BCUT2D eigenvalue weighted by molar-refractivity contribution is 0.563. The fourth-order valence-electron chi connectivity index (χ4n) is 1.28. The van der Waals surface area contributed by atoms with E-state index in [-0.39, 0.29) is 5.56 Å². The SMILES string of the molecule is Fc1cnc(F)c(-c2cccc(Cl)c2)c1. The van der Waals surface area contributed by atoms with Gasteiger partial charge in [-0.25, -0.2) is 9.37 Å². The molecule has 2 aromatic rings. The molecule has 0 saturated heterocycles. The number of hydrogen-bond donors (Lipinski definition) is 0. The minimum Gasteiger partial charge on any atom is -0.225 e. The van der Waals surface area contributed by atoms with E-state index in [1.807, 2.05) is 0 Å². The van der Waals surface area contributed by atoms with Crippen LogP contribution in [0.5, 0.6) is 0 Å². The van der Waals surface area contributed by atoms with Crippen molar-refractivity contribution < 1.29 is 8.78 Å². The first-order valence-electron chi connectivity index (χ1n) is 4.24. The first kappa shape index (κ1) is 10.1. The Morgan fingerprint density at radius 3 is 2.67 bits per heavy atom. The lowest BCUT2D eigenvalue weighted by Gasteiger charge is -2.02. The highest BCUT2D eigenvalue weighted by Crippen LogP contribution is 2.24. The molecule has 2 rings (SSSR count). The summed E-state index contributed by atoms with van der Waals surface area (Å²) in [4.78, 5) is 3.30. The van der Waals surface area contributed by atoms with Crippen LogP contribution in [0.3, 0.4) is 0 Å². The normalized spacial score (nSPS) is 10.3.